The number of amides is 1. The van der Waals surface area contributed by atoms with Crippen LogP contribution in [0.2, 0.25) is 0 Å². The van der Waals surface area contributed by atoms with E-state index in [4.69, 9.17) is 0 Å². The second-order valence-corrected chi connectivity index (χ2v) is 11.1. The van der Waals surface area contributed by atoms with Crippen LogP contribution in [0.25, 0.3) is 5.65 Å². The molecule has 2 aliphatic rings. The quantitative estimate of drug-likeness (QED) is 0.381. The molecule has 4 aromatic rings. The maximum atomic E-state index is 13.2. The van der Waals surface area contributed by atoms with Gasteiger partial charge < -0.3 is 20.2 Å². The summed E-state index contributed by atoms with van der Waals surface area (Å²) in [6.45, 7) is 7.45. The Hall–Kier alpha value is -4.47. The van der Waals surface area contributed by atoms with Gasteiger partial charge in [0, 0.05) is 37.6 Å². The Morgan fingerprint density at radius 1 is 1.05 bits per heavy atom. The standard InChI is InChI=1S/C30H33N7O3/c1-20-16-23(36-15-13-30(2,19-36)21-8-4-3-5-9-21)18-37-27(20)33-26(34-37)28(38)31-22-10-7-14-35(17-22)25-12-6-11-24(32-25)29(39)40/h3-6,8-9,11-12,16,18,22H,7,10,13-15,17,19H2,1-2H3,(H,31,38)(H,39,40)/t22-,30+/m1/s1. The van der Waals surface area contributed by atoms with Crippen LogP contribution >= 0.6 is 0 Å². The number of anilines is 2. The van der Waals surface area contributed by atoms with Gasteiger partial charge >= 0.3 is 5.97 Å². The molecule has 10 nitrogen and oxygen atoms in total. The molecule has 0 unspecified atom stereocenters. The van der Waals surface area contributed by atoms with Crippen molar-refractivity contribution in [3.05, 3.63) is 83.4 Å². The number of rotatable bonds is 6. The summed E-state index contributed by atoms with van der Waals surface area (Å²) in [5.74, 6) is -0.645. The van der Waals surface area contributed by atoms with Crippen LogP contribution in [0.4, 0.5) is 11.5 Å². The highest BCUT2D eigenvalue weighted by Gasteiger charge is 2.35. The minimum absolute atomic E-state index is 0.00548. The molecule has 0 bridgehead atoms. The van der Waals surface area contributed by atoms with Crippen LogP contribution in [0.15, 0.2) is 60.8 Å². The number of benzene rings is 1. The van der Waals surface area contributed by atoms with E-state index in [2.05, 4.69) is 68.6 Å². The van der Waals surface area contributed by atoms with Crippen LogP contribution in [0.5, 0.6) is 0 Å². The van der Waals surface area contributed by atoms with Gasteiger partial charge in [0.15, 0.2) is 11.3 Å². The minimum atomic E-state index is -1.06. The third kappa shape index (κ3) is 4.97. The summed E-state index contributed by atoms with van der Waals surface area (Å²) in [6, 6.07) is 17.6. The molecule has 2 N–H and O–H groups in total. The maximum Gasteiger partial charge on any atom is 0.354 e. The molecule has 40 heavy (non-hydrogen) atoms. The number of hydrogen-bond acceptors (Lipinski definition) is 7. The molecule has 0 aliphatic carbocycles. The second-order valence-electron chi connectivity index (χ2n) is 11.1. The van der Waals surface area contributed by atoms with Crippen molar-refractivity contribution in [2.24, 2.45) is 0 Å². The number of hydrogen-bond donors (Lipinski definition) is 2. The van der Waals surface area contributed by atoms with Crippen molar-refractivity contribution in [2.75, 3.05) is 36.0 Å². The first-order chi connectivity index (χ1) is 19.3. The molecule has 0 spiro atoms. The molecule has 1 aromatic carbocycles. The van der Waals surface area contributed by atoms with Gasteiger partial charge in [-0.3, -0.25) is 4.79 Å². The van der Waals surface area contributed by atoms with Crippen molar-refractivity contribution in [1.82, 2.24) is 24.9 Å². The number of pyridine rings is 2. The molecule has 2 atom stereocenters. The zero-order valence-electron chi connectivity index (χ0n) is 22.7. The van der Waals surface area contributed by atoms with Gasteiger partial charge in [0.1, 0.15) is 5.82 Å². The first-order valence-electron chi connectivity index (χ1n) is 13.7. The third-order valence-electron chi connectivity index (χ3n) is 8.15. The molecular weight excluding hydrogens is 506 g/mol. The molecule has 5 heterocycles. The van der Waals surface area contributed by atoms with Crippen molar-refractivity contribution in [2.45, 2.75) is 44.6 Å². The van der Waals surface area contributed by atoms with Crippen molar-refractivity contribution >= 4 is 29.0 Å². The summed E-state index contributed by atoms with van der Waals surface area (Å²) in [5, 5.41) is 16.9. The van der Waals surface area contributed by atoms with Crippen LogP contribution in [0.3, 0.4) is 0 Å². The number of aromatic carboxylic acids is 1. The number of carboxylic acids is 1. The van der Waals surface area contributed by atoms with E-state index in [-0.39, 0.29) is 28.9 Å². The lowest BCUT2D eigenvalue weighted by Gasteiger charge is -2.33. The number of carbonyl (C=O) groups excluding carboxylic acids is 1. The SMILES string of the molecule is Cc1cc(N2CC[C@](C)(c3ccccc3)C2)cn2nc(C(=O)N[C@@H]3CCCN(c4cccc(C(=O)O)n4)C3)nc12. The molecule has 1 amide bonds. The van der Waals surface area contributed by atoms with E-state index >= 15 is 0 Å². The lowest BCUT2D eigenvalue weighted by Crippen LogP contribution is -2.48. The van der Waals surface area contributed by atoms with Crippen molar-refractivity contribution in [3.63, 3.8) is 0 Å². The van der Waals surface area contributed by atoms with E-state index in [0.717, 1.165) is 50.1 Å². The van der Waals surface area contributed by atoms with Gasteiger partial charge in [0.05, 0.1) is 11.9 Å². The van der Waals surface area contributed by atoms with Crippen molar-refractivity contribution in [3.8, 4) is 0 Å². The molecule has 2 saturated heterocycles. The summed E-state index contributed by atoms with van der Waals surface area (Å²) in [4.78, 5) is 37.7. The molecule has 10 heteroatoms. The number of piperidine rings is 1. The van der Waals surface area contributed by atoms with Crippen LogP contribution in [0, 0.1) is 6.92 Å². The van der Waals surface area contributed by atoms with E-state index in [1.165, 1.54) is 11.6 Å². The predicted octanol–water partition coefficient (Wildman–Crippen LogP) is 3.70. The highest BCUT2D eigenvalue weighted by atomic mass is 16.4. The first-order valence-corrected chi connectivity index (χ1v) is 13.7. The Kier molecular flexibility index (Phi) is 6.61. The highest BCUT2D eigenvalue weighted by Crippen LogP contribution is 2.36. The van der Waals surface area contributed by atoms with Crippen LogP contribution in [-0.2, 0) is 5.41 Å². The van der Waals surface area contributed by atoms with E-state index < -0.39 is 5.97 Å². The molecule has 3 aromatic heterocycles. The van der Waals surface area contributed by atoms with Crippen molar-refractivity contribution < 1.29 is 14.7 Å². The van der Waals surface area contributed by atoms with Crippen LogP contribution < -0.4 is 15.1 Å². The van der Waals surface area contributed by atoms with Gasteiger partial charge in [0.2, 0.25) is 5.82 Å². The number of fused-ring (bicyclic) bond motifs is 1. The average Bonchev–Trinajstić information content (AvgIpc) is 3.59. The maximum absolute atomic E-state index is 13.2. The lowest BCUT2D eigenvalue weighted by atomic mass is 9.82. The van der Waals surface area contributed by atoms with E-state index in [9.17, 15) is 14.7 Å². The number of carbonyl (C=O) groups is 2. The second kappa shape index (κ2) is 10.3. The first kappa shape index (κ1) is 25.8. The average molecular weight is 540 g/mol. The van der Waals surface area contributed by atoms with Gasteiger partial charge in [0.25, 0.3) is 5.91 Å². The highest BCUT2D eigenvalue weighted by molar-refractivity contribution is 5.91. The summed E-state index contributed by atoms with van der Waals surface area (Å²) in [7, 11) is 0. The molecule has 6 rings (SSSR count). The van der Waals surface area contributed by atoms with Gasteiger partial charge in [-0.05, 0) is 55.5 Å². The zero-order valence-corrected chi connectivity index (χ0v) is 22.7. The Morgan fingerprint density at radius 3 is 2.67 bits per heavy atom. The summed E-state index contributed by atoms with van der Waals surface area (Å²) >= 11 is 0. The summed E-state index contributed by atoms with van der Waals surface area (Å²) < 4.78 is 1.71. The fourth-order valence-electron chi connectivity index (χ4n) is 5.93. The zero-order chi connectivity index (χ0) is 27.9. The normalized spacial score (nSPS) is 21.1. The molecular formula is C30H33N7O3. The largest absolute Gasteiger partial charge is 0.477 e. The number of aromatic nitrogens is 4. The minimum Gasteiger partial charge on any atom is -0.477 e. The van der Waals surface area contributed by atoms with Gasteiger partial charge in [-0.2, -0.15) is 0 Å². The number of carboxylic acid groups (broad SMARTS) is 1. The van der Waals surface area contributed by atoms with Crippen LogP contribution in [0.1, 0.15) is 58.4 Å². The summed E-state index contributed by atoms with van der Waals surface area (Å²) in [6.07, 6.45) is 4.69. The van der Waals surface area contributed by atoms with E-state index in [1.54, 1.807) is 16.6 Å². The van der Waals surface area contributed by atoms with E-state index in [0.29, 0.717) is 18.0 Å². The Balaban J connectivity index is 1.16. The fourth-order valence-corrected chi connectivity index (χ4v) is 5.93. The predicted molar refractivity (Wildman–Crippen MR) is 152 cm³/mol. The Morgan fingerprint density at radius 2 is 1.88 bits per heavy atom. The van der Waals surface area contributed by atoms with Crippen molar-refractivity contribution in [1.29, 1.82) is 0 Å². The van der Waals surface area contributed by atoms with Gasteiger partial charge in [-0.1, -0.05) is 43.3 Å². The van der Waals surface area contributed by atoms with Crippen LogP contribution in [-0.4, -0.2) is 68.8 Å². The molecule has 2 aliphatic heterocycles. The monoisotopic (exact) mass is 539 g/mol. The van der Waals surface area contributed by atoms with E-state index in [1.807, 2.05) is 18.0 Å². The Bertz CT molecular complexity index is 1570. The number of nitrogens with one attached hydrogen (secondary N) is 1. The lowest BCUT2D eigenvalue weighted by molar-refractivity contribution is 0.0690. The molecule has 206 valence electrons. The van der Waals surface area contributed by atoms with Gasteiger partial charge in [-0.15, -0.1) is 5.10 Å². The number of aryl methyl sites for hydroxylation is 1. The topological polar surface area (TPSA) is 116 Å². The molecule has 0 radical (unpaired) electrons. The fraction of sp³-hybridized carbons (Fsp3) is 0.367. The Labute approximate surface area is 232 Å². The molecule has 0 saturated carbocycles. The third-order valence-corrected chi connectivity index (χ3v) is 8.15. The smallest absolute Gasteiger partial charge is 0.354 e. The summed E-state index contributed by atoms with van der Waals surface area (Å²) in [5.41, 5.74) is 4.13. The van der Waals surface area contributed by atoms with Gasteiger partial charge in [-0.25, -0.2) is 19.3 Å². The molecule has 2 fully saturated rings. The number of nitrogens with zero attached hydrogens (tertiary/aromatic N) is 6.